The van der Waals surface area contributed by atoms with Crippen LogP contribution in [0.4, 0.5) is 5.69 Å². The predicted molar refractivity (Wildman–Crippen MR) is 156 cm³/mol. The van der Waals surface area contributed by atoms with Crippen molar-refractivity contribution in [1.82, 2.24) is 9.80 Å². The summed E-state index contributed by atoms with van der Waals surface area (Å²) in [6, 6.07) is 19.1. The Bertz CT molecular complexity index is 1420. The van der Waals surface area contributed by atoms with Crippen molar-refractivity contribution in [2.24, 2.45) is 0 Å². The molecule has 0 spiro atoms. The maximum absolute atomic E-state index is 14.5. The van der Waals surface area contributed by atoms with Gasteiger partial charge in [-0.3, -0.25) is 9.59 Å². The fourth-order valence-corrected chi connectivity index (χ4v) is 6.50. The molecule has 1 saturated heterocycles. The molecule has 7 nitrogen and oxygen atoms in total. The summed E-state index contributed by atoms with van der Waals surface area (Å²) < 4.78 is 11.9. The Kier molecular flexibility index (Phi) is 7.32. The molecule has 6 rings (SSSR count). The van der Waals surface area contributed by atoms with Crippen LogP contribution in [0.1, 0.15) is 52.9 Å². The highest BCUT2D eigenvalue weighted by Crippen LogP contribution is 2.49. The second-order valence-corrected chi connectivity index (χ2v) is 10.8. The van der Waals surface area contributed by atoms with Gasteiger partial charge in [-0.05, 0) is 79.4 Å². The normalized spacial score (nSPS) is 20.0. The van der Waals surface area contributed by atoms with Crippen molar-refractivity contribution in [1.29, 1.82) is 0 Å². The van der Waals surface area contributed by atoms with Crippen molar-refractivity contribution >= 4 is 29.1 Å². The fraction of sp³-hybridized carbons (Fsp3) is 0.375. The lowest BCUT2D eigenvalue weighted by molar-refractivity contribution is -0.135. The van der Waals surface area contributed by atoms with E-state index >= 15 is 0 Å². The van der Waals surface area contributed by atoms with Gasteiger partial charge in [-0.25, -0.2) is 0 Å². The first-order valence-corrected chi connectivity index (χ1v) is 14.5. The maximum Gasteiger partial charge on any atom is 0.254 e. The van der Waals surface area contributed by atoms with Crippen LogP contribution in [0, 0.1) is 0 Å². The van der Waals surface area contributed by atoms with Gasteiger partial charge in [0.1, 0.15) is 0 Å². The lowest BCUT2D eigenvalue weighted by Gasteiger charge is -2.47. The minimum atomic E-state index is -0.498. The molecule has 3 aromatic carbocycles. The van der Waals surface area contributed by atoms with Crippen LogP contribution in [-0.4, -0.2) is 67.6 Å². The van der Waals surface area contributed by atoms with Gasteiger partial charge in [0.15, 0.2) is 11.5 Å². The number of ether oxygens (including phenoxy) is 2. The van der Waals surface area contributed by atoms with Gasteiger partial charge in [-0.2, -0.15) is 0 Å². The summed E-state index contributed by atoms with van der Waals surface area (Å²) in [5.41, 5.74) is 4.60. The molecular formula is C32H34ClN3O4. The quantitative estimate of drug-likeness (QED) is 0.409. The molecule has 2 amide bonds. The van der Waals surface area contributed by atoms with Crippen LogP contribution in [0.15, 0.2) is 60.7 Å². The molecule has 3 heterocycles. The van der Waals surface area contributed by atoms with Crippen molar-refractivity contribution in [3.8, 4) is 11.5 Å². The van der Waals surface area contributed by atoms with E-state index in [0.717, 1.165) is 35.5 Å². The summed E-state index contributed by atoms with van der Waals surface area (Å²) in [7, 11) is 0. The number of hydrogen-bond acceptors (Lipinski definition) is 5. The second-order valence-electron chi connectivity index (χ2n) is 10.4. The average molecular weight is 560 g/mol. The number of nitrogens with zero attached hydrogens (tertiary/aromatic N) is 3. The number of fused-ring (bicyclic) bond motifs is 4. The number of carbonyl (C=O) groups is 2. The molecule has 3 aromatic rings. The number of benzene rings is 3. The van der Waals surface area contributed by atoms with Gasteiger partial charge in [-0.1, -0.05) is 29.8 Å². The highest BCUT2D eigenvalue weighted by atomic mass is 35.5. The Labute approximate surface area is 240 Å². The highest BCUT2D eigenvalue weighted by Gasteiger charge is 2.48. The monoisotopic (exact) mass is 559 g/mol. The molecular weight excluding hydrogens is 526 g/mol. The number of carbonyl (C=O) groups excluding carboxylic acids is 2. The molecule has 0 aliphatic carbocycles. The average Bonchev–Trinajstić information content (AvgIpc) is 2.98. The molecule has 1 fully saturated rings. The van der Waals surface area contributed by atoms with Crippen LogP contribution in [0.5, 0.6) is 11.5 Å². The summed E-state index contributed by atoms with van der Waals surface area (Å²) in [5, 5.41) is 0.710. The maximum atomic E-state index is 14.5. The Balaban J connectivity index is 1.36. The Morgan fingerprint density at radius 2 is 1.55 bits per heavy atom. The van der Waals surface area contributed by atoms with E-state index in [2.05, 4.69) is 4.90 Å². The first-order valence-electron chi connectivity index (χ1n) is 14.1. The van der Waals surface area contributed by atoms with Gasteiger partial charge in [0, 0.05) is 49.0 Å². The molecule has 40 heavy (non-hydrogen) atoms. The van der Waals surface area contributed by atoms with Crippen LogP contribution >= 0.6 is 11.6 Å². The minimum absolute atomic E-state index is 0.0188. The molecule has 3 aliphatic heterocycles. The highest BCUT2D eigenvalue weighted by molar-refractivity contribution is 6.30. The predicted octanol–water partition coefficient (Wildman–Crippen LogP) is 5.32. The van der Waals surface area contributed by atoms with Crippen LogP contribution in [0.25, 0.3) is 0 Å². The van der Waals surface area contributed by atoms with Crippen LogP contribution in [0.3, 0.4) is 0 Å². The Hall–Kier alpha value is -3.71. The first kappa shape index (κ1) is 26.5. The van der Waals surface area contributed by atoms with E-state index in [-0.39, 0.29) is 11.8 Å². The number of amides is 2. The molecule has 0 unspecified atom stereocenters. The Morgan fingerprint density at radius 1 is 0.875 bits per heavy atom. The van der Waals surface area contributed by atoms with Crippen molar-refractivity contribution in [2.75, 3.05) is 50.8 Å². The lowest BCUT2D eigenvalue weighted by Crippen LogP contribution is -2.54. The van der Waals surface area contributed by atoms with E-state index in [1.807, 2.05) is 84.3 Å². The molecule has 3 aliphatic rings. The van der Waals surface area contributed by atoms with Crippen LogP contribution in [-0.2, 0) is 11.2 Å². The molecule has 8 heteroatoms. The summed E-state index contributed by atoms with van der Waals surface area (Å²) in [6.07, 6.45) is 0.701. The third kappa shape index (κ3) is 4.66. The zero-order valence-electron chi connectivity index (χ0n) is 22.9. The van der Waals surface area contributed by atoms with Crippen LogP contribution < -0.4 is 14.4 Å². The van der Waals surface area contributed by atoms with E-state index in [1.54, 1.807) is 0 Å². The Morgan fingerprint density at radius 3 is 2.25 bits per heavy atom. The second kappa shape index (κ2) is 11.0. The molecule has 0 saturated carbocycles. The van der Waals surface area contributed by atoms with Gasteiger partial charge >= 0.3 is 0 Å². The number of halogens is 1. The summed E-state index contributed by atoms with van der Waals surface area (Å²) >= 11 is 6.08. The number of hydrogen-bond donors (Lipinski definition) is 0. The minimum Gasteiger partial charge on any atom is -0.490 e. The molecule has 0 aromatic heterocycles. The molecule has 0 radical (unpaired) electrons. The van der Waals surface area contributed by atoms with Gasteiger partial charge in [0.05, 0.1) is 25.2 Å². The van der Waals surface area contributed by atoms with Crippen molar-refractivity contribution in [2.45, 2.75) is 32.2 Å². The van der Waals surface area contributed by atoms with Gasteiger partial charge in [-0.15, -0.1) is 0 Å². The van der Waals surface area contributed by atoms with E-state index in [1.165, 1.54) is 0 Å². The smallest absolute Gasteiger partial charge is 0.254 e. The number of piperazine rings is 1. The lowest BCUT2D eigenvalue weighted by atomic mass is 9.75. The van der Waals surface area contributed by atoms with Gasteiger partial charge in [0.2, 0.25) is 5.91 Å². The summed E-state index contributed by atoms with van der Waals surface area (Å²) in [4.78, 5) is 34.3. The van der Waals surface area contributed by atoms with Crippen LogP contribution in [0.2, 0.25) is 5.02 Å². The SMILES string of the molecule is CCOc1cc2c(cc1OCC)[C@@H]1[C@@H](C(=O)N3CCN(c4ccc(Cl)cc4)CC3)c3ccccc3C(=O)N1CC2. The molecule has 208 valence electrons. The van der Waals surface area contributed by atoms with E-state index < -0.39 is 12.0 Å². The largest absolute Gasteiger partial charge is 0.490 e. The summed E-state index contributed by atoms with van der Waals surface area (Å²) in [5.74, 6) is 0.905. The third-order valence-corrected chi connectivity index (χ3v) is 8.49. The van der Waals surface area contributed by atoms with E-state index in [0.29, 0.717) is 61.4 Å². The zero-order chi connectivity index (χ0) is 27.8. The standard InChI is InChI=1S/C32H34ClN3O4/c1-3-39-27-19-21-13-14-36-30(26(21)20-28(27)40-4-2)29(24-7-5-6-8-25(24)31(36)37)32(38)35-17-15-34(16-18-35)23-11-9-22(33)10-12-23/h5-12,19-20,29-30H,3-4,13-18H2,1-2H3/t29-,30+/m0/s1. The van der Waals surface area contributed by atoms with Gasteiger partial charge < -0.3 is 24.2 Å². The topological polar surface area (TPSA) is 62.3 Å². The van der Waals surface area contributed by atoms with E-state index in [4.69, 9.17) is 21.1 Å². The third-order valence-electron chi connectivity index (χ3n) is 8.23. The van der Waals surface area contributed by atoms with E-state index in [9.17, 15) is 9.59 Å². The first-order chi connectivity index (χ1) is 19.5. The fourth-order valence-electron chi connectivity index (χ4n) is 6.37. The number of anilines is 1. The van der Waals surface area contributed by atoms with Crippen molar-refractivity contribution < 1.29 is 19.1 Å². The summed E-state index contributed by atoms with van der Waals surface area (Å²) in [6.45, 7) is 8.17. The number of rotatable bonds is 6. The van der Waals surface area contributed by atoms with Crippen molar-refractivity contribution in [3.05, 3.63) is 87.9 Å². The molecule has 0 N–H and O–H groups in total. The van der Waals surface area contributed by atoms with Gasteiger partial charge in [0.25, 0.3) is 5.91 Å². The van der Waals surface area contributed by atoms with Crippen molar-refractivity contribution in [3.63, 3.8) is 0 Å². The molecule has 2 atom stereocenters. The zero-order valence-corrected chi connectivity index (χ0v) is 23.7. The molecule has 0 bridgehead atoms.